The highest BCUT2D eigenvalue weighted by molar-refractivity contribution is 7.80. The van der Waals surface area contributed by atoms with Gasteiger partial charge < -0.3 is 10.6 Å². The van der Waals surface area contributed by atoms with Crippen molar-refractivity contribution in [1.82, 2.24) is 9.78 Å². The van der Waals surface area contributed by atoms with Crippen molar-refractivity contribution >= 4 is 52.0 Å². The molecule has 0 bridgehead atoms. The molecule has 0 unspecified atom stereocenters. The largest absolute Gasteiger partial charge is 0.331 e. The molecule has 0 atom stereocenters. The molecule has 0 amide bonds. The molecule has 8 heteroatoms. The molecule has 0 aliphatic heterocycles. The van der Waals surface area contributed by atoms with Crippen molar-refractivity contribution in [3.8, 4) is 0 Å². The van der Waals surface area contributed by atoms with Gasteiger partial charge in [0.2, 0.25) is 0 Å². The number of aromatic nitrogens is 2. The molecule has 1 aromatic heterocycles. The Morgan fingerprint density at radius 2 is 1.84 bits per heavy atom. The van der Waals surface area contributed by atoms with Crippen LogP contribution >= 0.6 is 35.4 Å². The maximum absolute atomic E-state index is 12.9. The van der Waals surface area contributed by atoms with Gasteiger partial charge in [0, 0.05) is 17.3 Å². The van der Waals surface area contributed by atoms with Gasteiger partial charge in [0.1, 0.15) is 5.82 Å². The standard InChI is InChI=1S/C17H13Cl2FN4S/c18-12-3-6-14(19)15(9-12)21-17(25)22-16-7-8-24(23-16)10-11-1-4-13(20)5-2-11/h1-9H,10H2,(H2,21,22,23,25). The summed E-state index contributed by atoms with van der Waals surface area (Å²) in [5, 5.41) is 11.7. The van der Waals surface area contributed by atoms with Crippen molar-refractivity contribution in [2.75, 3.05) is 10.6 Å². The summed E-state index contributed by atoms with van der Waals surface area (Å²) in [7, 11) is 0. The summed E-state index contributed by atoms with van der Waals surface area (Å²) in [5.74, 6) is 0.320. The van der Waals surface area contributed by atoms with Gasteiger partial charge in [0.05, 0.1) is 17.3 Å². The molecule has 0 radical (unpaired) electrons. The number of hydrogen-bond acceptors (Lipinski definition) is 2. The smallest absolute Gasteiger partial charge is 0.176 e. The highest BCUT2D eigenvalue weighted by atomic mass is 35.5. The van der Waals surface area contributed by atoms with Gasteiger partial charge in [-0.3, -0.25) is 4.68 Å². The highest BCUT2D eigenvalue weighted by Crippen LogP contribution is 2.25. The molecule has 2 N–H and O–H groups in total. The van der Waals surface area contributed by atoms with Gasteiger partial charge in [-0.05, 0) is 48.1 Å². The van der Waals surface area contributed by atoms with Gasteiger partial charge >= 0.3 is 0 Å². The summed E-state index contributed by atoms with van der Waals surface area (Å²) in [6.45, 7) is 0.530. The fourth-order valence-electron chi connectivity index (χ4n) is 2.16. The van der Waals surface area contributed by atoms with Gasteiger partial charge in [-0.15, -0.1) is 0 Å². The fourth-order valence-corrected chi connectivity index (χ4v) is 2.71. The third kappa shape index (κ3) is 4.92. The molecule has 25 heavy (non-hydrogen) atoms. The second-order valence-electron chi connectivity index (χ2n) is 5.23. The molecule has 0 saturated carbocycles. The van der Waals surface area contributed by atoms with Gasteiger partial charge in [0.15, 0.2) is 10.9 Å². The Labute approximate surface area is 159 Å². The number of rotatable bonds is 4. The first-order valence-electron chi connectivity index (χ1n) is 7.30. The molecule has 3 rings (SSSR count). The summed E-state index contributed by atoms with van der Waals surface area (Å²) in [6.07, 6.45) is 1.81. The number of nitrogens with zero attached hydrogens (tertiary/aromatic N) is 2. The molecule has 0 aliphatic rings. The van der Waals surface area contributed by atoms with Crippen molar-refractivity contribution in [2.24, 2.45) is 0 Å². The Hall–Kier alpha value is -2.15. The van der Waals surface area contributed by atoms with Gasteiger partial charge in [0.25, 0.3) is 0 Å². The SMILES string of the molecule is Fc1ccc(Cn2ccc(NC(=S)Nc3cc(Cl)ccc3Cl)n2)cc1. The number of thiocarbonyl (C=S) groups is 1. The second-order valence-corrected chi connectivity index (χ2v) is 6.48. The quantitative estimate of drug-likeness (QED) is 0.597. The van der Waals surface area contributed by atoms with E-state index in [1.54, 1.807) is 47.3 Å². The Bertz CT molecular complexity index is 896. The summed E-state index contributed by atoms with van der Waals surface area (Å²) < 4.78 is 14.7. The molecule has 4 nitrogen and oxygen atoms in total. The van der Waals surface area contributed by atoms with E-state index in [2.05, 4.69) is 15.7 Å². The van der Waals surface area contributed by atoms with E-state index in [9.17, 15) is 4.39 Å². The zero-order valence-corrected chi connectivity index (χ0v) is 15.2. The van der Waals surface area contributed by atoms with Crippen LogP contribution in [-0.4, -0.2) is 14.9 Å². The van der Waals surface area contributed by atoms with Gasteiger partial charge in [-0.25, -0.2) is 4.39 Å². The Balaban J connectivity index is 1.61. The Morgan fingerprint density at radius 3 is 2.60 bits per heavy atom. The van der Waals surface area contributed by atoms with Crippen LogP contribution in [0.2, 0.25) is 10.0 Å². The summed E-state index contributed by atoms with van der Waals surface area (Å²) in [6, 6.07) is 13.1. The van der Waals surface area contributed by atoms with Crippen molar-refractivity contribution < 1.29 is 4.39 Å². The molecule has 0 fully saturated rings. The third-order valence-electron chi connectivity index (χ3n) is 3.32. The molecule has 2 aromatic carbocycles. The minimum Gasteiger partial charge on any atom is -0.331 e. The number of anilines is 2. The van der Waals surface area contributed by atoms with Crippen LogP contribution in [0.1, 0.15) is 5.56 Å². The first kappa shape index (κ1) is 17.7. The summed E-state index contributed by atoms with van der Waals surface area (Å²) in [5.41, 5.74) is 1.56. The topological polar surface area (TPSA) is 41.9 Å². The average molecular weight is 395 g/mol. The van der Waals surface area contributed by atoms with E-state index in [0.717, 1.165) is 5.56 Å². The Kier molecular flexibility index (Phi) is 5.53. The number of halogens is 3. The summed E-state index contributed by atoms with van der Waals surface area (Å²) in [4.78, 5) is 0. The molecule has 1 heterocycles. The lowest BCUT2D eigenvalue weighted by atomic mass is 10.2. The van der Waals surface area contributed by atoms with Crippen LogP contribution in [-0.2, 0) is 6.54 Å². The van der Waals surface area contributed by atoms with E-state index in [-0.39, 0.29) is 5.82 Å². The van der Waals surface area contributed by atoms with Crippen LogP contribution in [0.25, 0.3) is 0 Å². The maximum atomic E-state index is 12.9. The van der Waals surface area contributed by atoms with E-state index in [4.69, 9.17) is 35.4 Å². The molecule has 3 aromatic rings. The van der Waals surface area contributed by atoms with Crippen LogP contribution in [0.4, 0.5) is 15.9 Å². The molecule has 0 aliphatic carbocycles. The normalized spacial score (nSPS) is 10.5. The first-order chi connectivity index (χ1) is 12.0. The third-order valence-corrected chi connectivity index (χ3v) is 4.09. The second kappa shape index (κ2) is 7.82. The average Bonchev–Trinajstić information content (AvgIpc) is 3.00. The zero-order chi connectivity index (χ0) is 17.8. The van der Waals surface area contributed by atoms with E-state index in [0.29, 0.717) is 33.2 Å². The van der Waals surface area contributed by atoms with E-state index in [1.165, 1.54) is 12.1 Å². The molecule has 128 valence electrons. The lowest BCUT2D eigenvalue weighted by Gasteiger charge is -2.10. The van der Waals surface area contributed by atoms with Gasteiger partial charge in [-0.1, -0.05) is 35.3 Å². The molecular weight excluding hydrogens is 382 g/mol. The van der Waals surface area contributed by atoms with Crippen molar-refractivity contribution in [2.45, 2.75) is 6.54 Å². The molecule has 0 spiro atoms. The van der Waals surface area contributed by atoms with Crippen LogP contribution in [0.5, 0.6) is 0 Å². The van der Waals surface area contributed by atoms with Gasteiger partial charge in [-0.2, -0.15) is 5.10 Å². The first-order valence-corrected chi connectivity index (χ1v) is 8.47. The van der Waals surface area contributed by atoms with Crippen LogP contribution in [0.3, 0.4) is 0 Å². The minimum atomic E-state index is -0.261. The van der Waals surface area contributed by atoms with Crippen molar-refractivity contribution in [1.29, 1.82) is 0 Å². The summed E-state index contributed by atoms with van der Waals surface area (Å²) >= 11 is 17.3. The van der Waals surface area contributed by atoms with E-state index >= 15 is 0 Å². The molecule has 0 saturated heterocycles. The van der Waals surface area contributed by atoms with Crippen molar-refractivity contribution in [3.05, 3.63) is 76.2 Å². The number of hydrogen-bond donors (Lipinski definition) is 2. The monoisotopic (exact) mass is 394 g/mol. The van der Waals surface area contributed by atoms with Crippen LogP contribution in [0.15, 0.2) is 54.7 Å². The lowest BCUT2D eigenvalue weighted by Crippen LogP contribution is -2.19. The molecular formula is C17H13Cl2FN4S. The fraction of sp³-hybridized carbons (Fsp3) is 0.0588. The Morgan fingerprint density at radius 1 is 1.08 bits per heavy atom. The maximum Gasteiger partial charge on any atom is 0.176 e. The predicted molar refractivity (Wildman–Crippen MR) is 104 cm³/mol. The highest BCUT2D eigenvalue weighted by Gasteiger charge is 2.06. The van der Waals surface area contributed by atoms with Crippen molar-refractivity contribution in [3.63, 3.8) is 0 Å². The van der Waals surface area contributed by atoms with Crippen LogP contribution in [0, 0.1) is 5.82 Å². The van der Waals surface area contributed by atoms with E-state index in [1.807, 2.05) is 0 Å². The number of benzene rings is 2. The lowest BCUT2D eigenvalue weighted by molar-refractivity contribution is 0.624. The van der Waals surface area contributed by atoms with E-state index < -0.39 is 0 Å². The zero-order valence-electron chi connectivity index (χ0n) is 12.8. The number of nitrogens with one attached hydrogen (secondary N) is 2. The minimum absolute atomic E-state index is 0.261. The van der Waals surface area contributed by atoms with Crippen LogP contribution < -0.4 is 10.6 Å². The predicted octanol–water partition coefficient (Wildman–Crippen LogP) is 5.19.